The van der Waals surface area contributed by atoms with Crippen molar-refractivity contribution in [2.45, 2.75) is 39.2 Å². The fourth-order valence-electron chi connectivity index (χ4n) is 2.37. The van der Waals surface area contributed by atoms with Gasteiger partial charge in [0.25, 0.3) is 0 Å². The molecule has 2 rings (SSSR count). The average Bonchev–Trinajstić information content (AvgIpc) is 2.83. The van der Waals surface area contributed by atoms with E-state index < -0.39 is 0 Å². The molecule has 0 aromatic carbocycles. The third-order valence-electron chi connectivity index (χ3n) is 3.47. The summed E-state index contributed by atoms with van der Waals surface area (Å²) in [5.41, 5.74) is 1.44. The van der Waals surface area contributed by atoms with Crippen molar-refractivity contribution < 1.29 is 4.74 Å². The van der Waals surface area contributed by atoms with Crippen molar-refractivity contribution in [3.63, 3.8) is 0 Å². The summed E-state index contributed by atoms with van der Waals surface area (Å²) < 4.78 is 5.94. The molecule has 0 bridgehead atoms. The van der Waals surface area contributed by atoms with Crippen LogP contribution in [0.5, 0.6) is 0 Å². The van der Waals surface area contributed by atoms with Gasteiger partial charge in [-0.3, -0.25) is 0 Å². The number of nitrogens with zero attached hydrogens (tertiary/aromatic N) is 1. The molecule has 96 valence electrons. The number of likely N-dealkylation sites (N-methyl/N-ethyl adjacent to an activating group) is 1. The van der Waals surface area contributed by atoms with Gasteiger partial charge in [-0.05, 0) is 36.5 Å². The van der Waals surface area contributed by atoms with E-state index in [1.807, 2.05) is 11.3 Å². The lowest BCUT2D eigenvalue weighted by Crippen LogP contribution is -2.32. The maximum atomic E-state index is 5.94. The molecule has 1 aromatic rings. The Morgan fingerprint density at radius 2 is 2.35 bits per heavy atom. The molecule has 0 radical (unpaired) electrons. The molecule has 0 spiro atoms. The van der Waals surface area contributed by atoms with E-state index in [1.165, 1.54) is 29.8 Å². The summed E-state index contributed by atoms with van der Waals surface area (Å²) in [6.45, 7) is 8.77. The first-order chi connectivity index (χ1) is 8.35. The first kappa shape index (κ1) is 13.1. The highest BCUT2D eigenvalue weighted by molar-refractivity contribution is 7.10. The minimum atomic E-state index is 0.307. The maximum absolute atomic E-state index is 5.94. The van der Waals surface area contributed by atoms with Gasteiger partial charge < -0.3 is 9.64 Å². The van der Waals surface area contributed by atoms with Crippen molar-refractivity contribution in [1.29, 1.82) is 0 Å². The molecule has 0 aliphatic carbocycles. The van der Waals surface area contributed by atoms with Crippen molar-refractivity contribution in [3.8, 4) is 0 Å². The predicted octanol–water partition coefficient (Wildman–Crippen LogP) is 3.48. The van der Waals surface area contributed by atoms with Crippen LogP contribution in [-0.2, 0) is 11.2 Å². The van der Waals surface area contributed by atoms with Crippen LogP contribution in [-0.4, -0.2) is 31.1 Å². The van der Waals surface area contributed by atoms with Crippen LogP contribution in [0.15, 0.2) is 11.4 Å². The van der Waals surface area contributed by atoms with Gasteiger partial charge in [-0.15, -0.1) is 11.3 Å². The highest BCUT2D eigenvalue weighted by atomic mass is 32.1. The van der Waals surface area contributed by atoms with Crippen molar-refractivity contribution in [2.75, 3.05) is 26.2 Å². The zero-order valence-corrected chi connectivity index (χ0v) is 11.8. The number of hydrogen-bond donors (Lipinski definition) is 0. The number of thiophene rings is 1. The third kappa shape index (κ3) is 3.30. The second kappa shape index (κ2) is 6.53. The molecule has 0 saturated heterocycles. The molecule has 1 aliphatic rings. The molecule has 2 heterocycles. The summed E-state index contributed by atoms with van der Waals surface area (Å²) in [5, 5.41) is 2.20. The first-order valence-corrected chi connectivity index (χ1v) is 7.63. The predicted molar refractivity (Wildman–Crippen MR) is 73.7 cm³/mol. The lowest BCUT2D eigenvalue weighted by atomic mass is 10.1. The summed E-state index contributed by atoms with van der Waals surface area (Å²) in [6, 6.07) is 2.25. The largest absolute Gasteiger partial charge is 0.372 e. The smallest absolute Gasteiger partial charge is 0.0962 e. The summed E-state index contributed by atoms with van der Waals surface area (Å²) in [4.78, 5) is 4.05. The molecule has 0 saturated carbocycles. The second-order valence-electron chi connectivity index (χ2n) is 4.66. The van der Waals surface area contributed by atoms with Gasteiger partial charge in [-0.1, -0.05) is 20.3 Å². The van der Waals surface area contributed by atoms with Gasteiger partial charge in [0.15, 0.2) is 0 Å². The van der Waals surface area contributed by atoms with Gasteiger partial charge in [-0.25, -0.2) is 0 Å². The van der Waals surface area contributed by atoms with Gasteiger partial charge in [0, 0.05) is 17.8 Å². The lowest BCUT2D eigenvalue weighted by Gasteiger charge is -2.29. The molecular formula is C14H23NOS. The minimum absolute atomic E-state index is 0.307. The molecule has 17 heavy (non-hydrogen) atoms. The zero-order chi connectivity index (χ0) is 12.1. The van der Waals surface area contributed by atoms with Crippen LogP contribution in [0.25, 0.3) is 0 Å². The summed E-state index contributed by atoms with van der Waals surface area (Å²) in [5.74, 6) is 0. The number of rotatable bonds is 6. The molecule has 0 fully saturated rings. The highest BCUT2D eigenvalue weighted by Crippen LogP contribution is 2.31. The van der Waals surface area contributed by atoms with Crippen molar-refractivity contribution in [3.05, 3.63) is 21.9 Å². The van der Waals surface area contributed by atoms with E-state index in [2.05, 4.69) is 30.2 Å². The van der Waals surface area contributed by atoms with E-state index in [9.17, 15) is 0 Å². The molecule has 3 heteroatoms. The Bertz CT molecular complexity index is 337. The quantitative estimate of drug-likeness (QED) is 0.769. The van der Waals surface area contributed by atoms with Gasteiger partial charge in [0.2, 0.25) is 0 Å². The number of ether oxygens (including phenoxy) is 1. The van der Waals surface area contributed by atoms with Crippen LogP contribution in [0, 0.1) is 0 Å². The SMILES string of the molecule is CCCCN(CC)C[C@@H]1OCCc2sccc21. The zero-order valence-electron chi connectivity index (χ0n) is 10.9. The van der Waals surface area contributed by atoms with Crippen molar-refractivity contribution in [1.82, 2.24) is 4.90 Å². The lowest BCUT2D eigenvalue weighted by molar-refractivity contribution is 0.0177. The molecule has 0 N–H and O–H groups in total. The molecule has 1 aromatic heterocycles. The molecule has 0 amide bonds. The summed E-state index contributed by atoms with van der Waals surface area (Å²) in [7, 11) is 0. The third-order valence-corrected chi connectivity index (χ3v) is 4.47. The van der Waals surface area contributed by atoms with E-state index in [4.69, 9.17) is 4.74 Å². The number of fused-ring (bicyclic) bond motifs is 1. The van der Waals surface area contributed by atoms with E-state index >= 15 is 0 Å². The van der Waals surface area contributed by atoms with Crippen molar-refractivity contribution >= 4 is 11.3 Å². The van der Waals surface area contributed by atoms with Crippen LogP contribution in [0.4, 0.5) is 0 Å². The van der Waals surface area contributed by atoms with Gasteiger partial charge in [-0.2, -0.15) is 0 Å². The van der Waals surface area contributed by atoms with Crippen LogP contribution < -0.4 is 0 Å². The first-order valence-electron chi connectivity index (χ1n) is 6.75. The minimum Gasteiger partial charge on any atom is -0.372 e. The Kier molecular flexibility index (Phi) is 5.01. The molecule has 2 nitrogen and oxygen atoms in total. The Morgan fingerprint density at radius 1 is 1.47 bits per heavy atom. The fourth-order valence-corrected chi connectivity index (χ4v) is 3.29. The topological polar surface area (TPSA) is 12.5 Å². The van der Waals surface area contributed by atoms with Gasteiger partial charge in [0.1, 0.15) is 0 Å². The Morgan fingerprint density at radius 3 is 3.12 bits per heavy atom. The van der Waals surface area contributed by atoms with E-state index in [-0.39, 0.29) is 0 Å². The molecule has 1 aliphatic heterocycles. The average molecular weight is 253 g/mol. The molecule has 0 unspecified atom stereocenters. The number of unbranched alkanes of at least 4 members (excludes halogenated alkanes) is 1. The van der Waals surface area contributed by atoms with Crippen LogP contribution in [0.1, 0.15) is 43.2 Å². The second-order valence-corrected chi connectivity index (χ2v) is 5.66. The summed E-state index contributed by atoms with van der Waals surface area (Å²) >= 11 is 1.88. The normalized spacial score (nSPS) is 19.6. The fraction of sp³-hybridized carbons (Fsp3) is 0.714. The Balaban J connectivity index is 1.95. The van der Waals surface area contributed by atoms with E-state index in [0.29, 0.717) is 6.10 Å². The van der Waals surface area contributed by atoms with E-state index in [0.717, 1.165) is 26.1 Å². The maximum Gasteiger partial charge on any atom is 0.0962 e. The summed E-state index contributed by atoms with van der Waals surface area (Å²) in [6.07, 6.45) is 3.97. The van der Waals surface area contributed by atoms with Crippen molar-refractivity contribution in [2.24, 2.45) is 0 Å². The van der Waals surface area contributed by atoms with Gasteiger partial charge >= 0.3 is 0 Å². The Labute approximate surface area is 109 Å². The van der Waals surface area contributed by atoms with Crippen LogP contribution in [0.3, 0.4) is 0 Å². The standard InChI is InChI=1S/C14H23NOS/c1-3-5-8-15(4-2)11-13-12-7-10-17-14(12)6-9-16-13/h7,10,13H,3-6,8-9,11H2,1-2H3/t13-/m0/s1. The van der Waals surface area contributed by atoms with Gasteiger partial charge in [0.05, 0.1) is 12.7 Å². The molecule has 1 atom stereocenters. The van der Waals surface area contributed by atoms with E-state index in [1.54, 1.807) is 0 Å². The van der Waals surface area contributed by atoms with Crippen LogP contribution >= 0.6 is 11.3 Å². The molecular weight excluding hydrogens is 230 g/mol. The Hall–Kier alpha value is -0.380. The highest BCUT2D eigenvalue weighted by Gasteiger charge is 2.23. The monoisotopic (exact) mass is 253 g/mol. The number of hydrogen-bond acceptors (Lipinski definition) is 3. The van der Waals surface area contributed by atoms with Crippen LogP contribution in [0.2, 0.25) is 0 Å².